The lowest BCUT2D eigenvalue weighted by molar-refractivity contribution is 0.0998. The summed E-state index contributed by atoms with van der Waals surface area (Å²) in [5.74, 6) is -0.444. The van der Waals surface area contributed by atoms with Crippen LogP contribution in [0.2, 0.25) is 0 Å². The third kappa shape index (κ3) is 2.03. The van der Waals surface area contributed by atoms with Gasteiger partial charge in [-0.3, -0.25) is 10.1 Å². The molecule has 0 aliphatic carbocycles. The summed E-state index contributed by atoms with van der Waals surface area (Å²) in [4.78, 5) is 11.6. The molecule has 1 aliphatic heterocycles. The van der Waals surface area contributed by atoms with Crippen molar-refractivity contribution in [1.29, 1.82) is 0 Å². The van der Waals surface area contributed by atoms with Crippen LogP contribution in [-0.4, -0.2) is 17.0 Å². The van der Waals surface area contributed by atoms with Crippen molar-refractivity contribution < 1.29 is 4.79 Å². The highest BCUT2D eigenvalue weighted by Crippen LogP contribution is 2.33. The largest absolute Gasteiger partial charge is 0.366 e. The Bertz CT molecular complexity index is 621. The second kappa shape index (κ2) is 4.72. The van der Waals surface area contributed by atoms with Gasteiger partial charge in [-0.2, -0.15) is 0 Å². The minimum absolute atomic E-state index is 0.381. The van der Waals surface area contributed by atoms with Gasteiger partial charge in [0.05, 0.1) is 11.3 Å². The van der Waals surface area contributed by atoms with E-state index in [-0.39, 0.29) is 5.50 Å². The summed E-state index contributed by atoms with van der Waals surface area (Å²) in [5.41, 5.74) is 8.37. The molecule has 19 heavy (non-hydrogen) atoms. The number of nitrogens with zero attached hydrogens (tertiary/aromatic N) is 1. The van der Waals surface area contributed by atoms with Crippen LogP contribution < -0.4 is 11.1 Å². The zero-order valence-electron chi connectivity index (χ0n) is 10.3. The van der Waals surface area contributed by atoms with E-state index in [2.05, 4.69) is 9.88 Å². The van der Waals surface area contributed by atoms with E-state index >= 15 is 0 Å². The Labute approximate surface area is 116 Å². The third-order valence-corrected chi connectivity index (χ3v) is 3.73. The number of amides is 1. The van der Waals surface area contributed by atoms with Gasteiger partial charge in [0.1, 0.15) is 5.50 Å². The summed E-state index contributed by atoms with van der Waals surface area (Å²) in [5, 5.41) is 3.14. The average molecular weight is 276 g/mol. The maximum atomic E-state index is 11.6. The Kier molecular flexibility index (Phi) is 3.05. The molecule has 98 valence electrons. The number of carbonyl (C=O) groups is 1. The number of nitrogens with one attached hydrogen (secondary N) is 1. The number of rotatable bonds is 2. The van der Waals surface area contributed by atoms with Gasteiger partial charge in [-0.05, 0) is 11.6 Å². The van der Waals surface area contributed by atoms with E-state index in [0.29, 0.717) is 5.56 Å². The van der Waals surface area contributed by atoms with Crippen molar-refractivity contribution in [1.82, 2.24) is 9.88 Å². The molecule has 1 atom stereocenters. The fraction of sp³-hybridized carbons (Fsp3) is 0.214. The van der Waals surface area contributed by atoms with Crippen molar-refractivity contribution in [2.45, 2.75) is 12.0 Å². The molecule has 0 bridgehead atoms. The first kappa shape index (κ1) is 12.3. The molecule has 0 spiro atoms. The lowest BCUT2D eigenvalue weighted by Gasteiger charge is -2.24. The Morgan fingerprint density at radius 1 is 1.37 bits per heavy atom. The standard InChI is InChI=1S/C14H14ClN3O/c15-13-12-10(14(16)19)8-11(18(12)7-6-17-13)9-4-2-1-3-5-9/h1-5,8,13,17H,6-7H2,(H2,16,19). The van der Waals surface area contributed by atoms with Crippen LogP contribution >= 0.6 is 11.6 Å². The van der Waals surface area contributed by atoms with Crippen LogP contribution in [0.5, 0.6) is 0 Å². The maximum absolute atomic E-state index is 11.6. The van der Waals surface area contributed by atoms with E-state index in [1.54, 1.807) is 0 Å². The monoisotopic (exact) mass is 275 g/mol. The fourth-order valence-corrected chi connectivity index (χ4v) is 2.87. The predicted molar refractivity (Wildman–Crippen MR) is 75.0 cm³/mol. The van der Waals surface area contributed by atoms with Crippen molar-refractivity contribution in [3.63, 3.8) is 0 Å². The molecule has 3 rings (SSSR count). The molecule has 0 saturated heterocycles. The van der Waals surface area contributed by atoms with Crippen molar-refractivity contribution in [3.8, 4) is 11.3 Å². The first-order chi connectivity index (χ1) is 9.18. The average Bonchev–Trinajstić information content (AvgIpc) is 2.81. The van der Waals surface area contributed by atoms with Gasteiger partial charge >= 0.3 is 0 Å². The molecule has 5 heteroatoms. The number of hydrogen-bond donors (Lipinski definition) is 2. The molecule has 1 aromatic heterocycles. The molecule has 1 unspecified atom stereocenters. The van der Waals surface area contributed by atoms with Crippen molar-refractivity contribution in [3.05, 3.63) is 47.7 Å². The van der Waals surface area contributed by atoms with Gasteiger partial charge < -0.3 is 10.3 Å². The molecule has 0 radical (unpaired) electrons. The van der Waals surface area contributed by atoms with Gasteiger partial charge in [0.25, 0.3) is 5.91 Å². The smallest absolute Gasteiger partial charge is 0.250 e. The number of hydrogen-bond acceptors (Lipinski definition) is 2. The first-order valence-corrected chi connectivity index (χ1v) is 6.58. The Morgan fingerprint density at radius 2 is 2.11 bits per heavy atom. The Morgan fingerprint density at radius 3 is 2.79 bits per heavy atom. The molecular weight excluding hydrogens is 262 g/mol. The van der Waals surface area contributed by atoms with Crippen LogP contribution in [0.4, 0.5) is 0 Å². The summed E-state index contributed by atoms with van der Waals surface area (Å²) in [6.45, 7) is 1.55. The van der Waals surface area contributed by atoms with E-state index < -0.39 is 5.91 Å². The van der Waals surface area contributed by atoms with Crippen molar-refractivity contribution in [2.24, 2.45) is 5.73 Å². The summed E-state index contributed by atoms with van der Waals surface area (Å²) in [7, 11) is 0. The van der Waals surface area contributed by atoms with Gasteiger partial charge in [-0.1, -0.05) is 41.9 Å². The van der Waals surface area contributed by atoms with Crippen LogP contribution in [0.15, 0.2) is 36.4 Å². The molecule has 2 heterocycles. The van der Waals surface area contributed by atoms with Gasteiger partial charge in [0.15, 0.2) is 0 Å². The Hall–Kier alpha value is -1.78. The third-order valence-electron chi connectivity index (χ3n) is 3.37. The molecule has 0 saturated carbocycles. The fourth-order valence-electron chi connectivity index (χ4n) is 2.52. The highest BCUT2D eigenvalue weighted by atomic mass is 35.5. The van der Waals surface area contributed by atoms with Gasteiger partial charge in [-0.15, -0.1) is 0 Å². The number of primary amides is 1. The van der Waals surface area contributed by atoms with Crippen molar-refractivity contribution in [2.75, 3.05) is 6.54 Å². The predicted octanol–water partition coefficient (Wildman–Crippen LogP) is 2.09. The van der Waals surface area contributed by atoms with Gasteiger partial charge in [0.2, 0.25) is 0 Å². The summed E-state index contributed by atoms with van der Waals surface area (Å²) in [6, 6.07) is 11.8. The topological polar surface area (TPSA) is 60.1 Å². The minimum atomic E-state index is -0.444. The number of benzene rings is 1. The van der Waals surface area contributed by atoms with Gasteiger partial charge in [0, 0.05) is 18.8 Å². The van der Waals surface area contributed by atoms with Crippen LogP contribution in [0.25, 0.3) is 11.3 Å². The second-order valence-electron chi connectivity index (χ2n) is 4.53. The molecule has 1 amide bonds. The number of halogens is 1. The molecule has 4 nitrogen and oxygen atoms in total. The van der Waals surface area contributed by atoms with E-state index in [1.165, 1.54) is 0 Å². The zero-order chi connectivity index (χ0) is 13.4. The minimum Gasteiger partial charge on any atom is -0.366 e. The lowest BCUT2D eigenvalue weighted by Crippen LogP contribution is -2.32. The number of aromatic nitrogens is 1. The van der Waals surface area contributed by atoms with E-state index in [0.717, 1.165) is 30.0 Å². The summed E-state index contributed by atoms with van der Waals surface area (Å²) >= 11 is 6.26. The molecule has 0 fully saturated rings. The number of fused-ring (bicyclic) bond motifs is 1. The molecular formula is C14H14ClN3O. The lowest BCUT2D eigenvalue weighted by atomic mass is 10.1. The highest BCUT2D eigenvalue weighted by molar-refractivity contribution is 6.21. The maximum Gasteiger partial charge on any atom is 0.250 e. The van der Waals surface area contributed by atoms with Crippen LogP contribution in [0.3, 0.4) is 0 Å². The number of carbonyl (C=O) groups excluding carboxylic acids is 1. The molecule has 3 N–H and O–H groups in total. The van der Waals surface area contributed by atoms with E-state index in [9.17, 15) is 4.79 Å². The van der Waals surface area contributed by atoms with Crippen LogP contribution in [0, 0.1) is 0 Å². The zero-order valence-corrected chi connectivity index (χ0v) is 11.0. The first-order valence-electron chi connectivity index (χ1n) is 6.14. The molecule has 1 aliphatic rings. The summed E-state index contributed by atoms with van der Waals surface area (Å²) in [6.07, 6.45) is 0. The van der Waals surface area contributed by atoms with Crippen LogP contribution in [0.1, 0.15) is 21.6 Å². The summed E-state index contributed by atoms with van der Waals surface area (Å²) < 4.78 is 2.07. The highest BCUT2D eigenvalue weighted by Gasteiger charge is 2.27. The molecule has 2 aromatic rings. The van der Waals surface area contributed by atoms with E-state index in [4.69, 9.17) is 17.3 Å². The van der Waals surface area contributed by atoms with E-state index in [1.807, 2.05) is 36.4 Å². The quantitative estimate of drug-likeness (QED) is 0.651. The number of alkyl halides is 1. The number of nitrogens with two attached hydrogens (primary N) is 1. The van der Waals surface area contributed by atoms with Crippen molar-refractivity contribution >= 4 is 17.5 Å². The molecule has 1 aromatic carbocycles. The van der Waals surface area contributed by atoms with Crippen LogP contribution in [-0.2, 0) is 6.54 Å². The second-order valence-corrected chi connectivity index (χ2v) is 4.96. The SMILES string of the molecule is NC(=O)c1cc(-c2ccccc2)n2c1C(Cl)NCC2. The van der Waals surface area contributed by atoms with Gasteiger partial charge in [-0.25, -0.2) is 0 Å². The normalized spacial score (nSPS) is 18.1. The Balaban J connectivity index is 2.22.